The average Bonchev–Trinajstić information content (AvgIpc) is 3.22. The van der Waals surface area contributed by atoms with E-state index in [0.717, 1.165) is 53.0 Å². The van der Waals surface area contributed by atoms with Crippen LogP contribution < -0.4 is 5.32 Å². The molecule has 1 aromatic carbocycles. The highest BCUT2D eigenvalue weighted by Crippen LogP contribution is 2.39. The minimum Gasteiger partial charge on any atom is -0.507 e. The number of hydrogen-bond acceptors (Lipinski definition) is 8. The van der Waals surface area contributed by atoms with Gasteiger partial charge in [-0.25, -0.2) is 0 Å². The molecule has 1 aliphatic heterocycles. The number of esters is 1. The molecule has 0 bridgehead atoms. The lowest BCUT2D eigenvalue weighted by atomic mass is 10.0. The molecule has 2 aromatic heterocycles. The lowest BCUT2D eigenvalue weighted by molar-refractivity contribution is -0.142. The second-order valence-corrected chi connectivity index (χ2v) is 8.68. The number of nitrogens with one attached hydrogen (secondary N) is 1. The molecule has 1 fully saturated rings. The molecule has 1 atom stereocenters. The van der Waals surface area contributed by atoms with Crippen LogP contribution in [0.2, 0.25) is 0 Å². The third kappa shape index (κ3) is 3.97. The first-order chi connectivity index (χ1) is 14.5. The molecule has 0 aliphatic carbocycles. The zero-order chi connectivity index (χ0) is 21.3. The number of methoxy groups -OCH3 is 1. The van der Waals surface area contributed by atoms with Crippen molar-refractivity contribution in [3.05, 3.63) is 34.7 Å². The van der Waals surface area contributed by atoms with E-state index in [1.165, 1.54) is 7.11 Å². The Labute approximate surface area is 179 Å². The number of phenolic OH excluding ortho intramolecular Hbond substituents is 1. The van der Waals surface area contributed by atoms with E-state index < -0.39 is 0 Å². The number of fused-ring (bicyclic) bond motifs is 1. The summed E-state index contributed by atoms with van der Waals surface area (Å²) in [5, 5.41) is 25.9. The number of phenols is 1. The summed E-state index contributed by atoms with van der Waals surface area (Å²) in [6.07, 6.45) is 2.02. The topological polar surface area (TPSA) is 87.6 Å². The first-order valence-corrected chi connectivity index (χ1v) is 10.9. The summed E-state index contributed by atoms with van der Waals surface area (Å²) in [4.78, 5) is 13.7. The van der Waals surface area contributed by atoms with Gasteiger partial charge in [0.1, 0.15) is 5.75 Å². The van der Waals surface area contributed by atoms with Crippen LogP contribution in [0.3, 0.4) is 0 Å². The van der Waals surface area contributed by atoms with Gasteiger partial charge in [0.25, 0.3) is 0 Å². The lowest BCUT2D eigenvalue weighted by Gasteiger charge is -2.32. The third-order valence-corrected chi connectivity index (χ3v) is 6.69. The fourth-order valence-electron chi connectivity index (χ4n) is 3.98. The van der Waals surface area contributed by atoms with Gasteiger partial charge in [-0.05, 0) is 67.9 Å². The van der Waals surface area contributed by atoms with E-state index in [9.17, 15) is 9.90 Å². The van der Waals surface area contributed by atoms with Crippen LogP contribution in [0.15, 0.2) is 23.6 Å². The van der Waals surface area contributed by atoms with E-state index in [1.54, 1.807) is 11.3 Å². The lowest BCUT2D eigenvalue weighted by Crippen LogP contribution is -2.44. The van der Waals surface area contributed by atoms with Crippen LogP contribution >= 0.6 is 11.3 Å². The van der Waals surface area contributed by atoms with Crippen molar-refractivity contribution >= 4 is 33.2 Å². The van der Waals surface area contributed by atoms with Crippen molar-refractivity contribution in [1.82, 2.24) is 15.1 Å². The standard InChI is InChI=1S/C22H26N4O3S/c1-13-14(2)22(23-15-5-4-9-26(11-15)12-19(27)29-3)25-24-20(13)17-6-7-18-16(21(17)28)8-10-30-18/h6-8,10,15,28H,4-5,9,11-12H2,1-3H3,(H,23,25)/t15-/m1/s1. The number of ether oxygens (including phenoxy) is 1. The molecule has 0 saturated carbocycles. The molecule has 158 valence electrons. The molecule has 3 heterocycles. The summed E-state index contributed by atoms with van der Waals surface area (Å²) in [6, 6.07) is 6.03. The van der Waals surface area contributed by atoms with E-state index in [2.05, 4.69) is 20.4 Å². The molecule has 4 rings (SSSR count). The molecule has 1 saturated heterocycles. The van der Waals surface area contributed by atoms with E-state index in [1.807, 2.05) is 37.4 Å². The van der Waals surface area contributed by atoms with Crippen molar-refractivity contribution in [3.8, 4) is 17.0 Å². The van der Waals surface area contributed by atoms with Crippen molar-refractivity contribution in [2.24, 2.45) is 0 Å². The number of benzene rings is 1. The minimum atomic E-state index is -0.214. The number of anilines is 1. The predicted octanol–water partition coefficient (Wildman–Crippen LogP) is 3.73. The number of aromatic hydroxyl groups is 1. The van der Waals surface area contributed by atoms with Crippen LogP contribution in [0.5, 0.6) is 5.75 Å². The van der Waals surface area contributed by atoms with Crippen LogP contribution in [0.1, 0.15) is 24.0 Å². The monoisotopic (exact) mass is 426 g/mol. The number of rotatable bonds is 5. The van der Waals surface area contributed by atoms with Crippen molar-refractivity contribution in [2.45, 2.75) is 32.7 Å². The van der Waals surface area contributed by atoms with E-state index in [4.69, 9.17) is 4.74 Å². The van der Waals surface area contributed by atoms with Gasteiger partial charge in [0.15, 0.2) is 5.82 Å². The number of aromatic nitrogens is 2. The second-order valence-electron chi connectivity index (χ2n) is 7.74. The Hall–Kier alpha value is -2.71. The smallest absolute Gasteiger partial charge is 0.319 e. The van der Waals surface area contributed by atoms with Crippen LogP contribution in [0.4, 0.5) is 5.82 Å². The Bertz CT molecular complexity index is 1080. The maximum Gasteiger partial charge on any atom is 0.319 e. The molecular weight excluding hydrogens is 400 g/mol. The molecular formula is C22H26N4O3S. The molecule has 0 amide bonds. The van der Waals surface area contributed by atoms with Gasteiger partial charge in [0.05, 0.1) is 19.3 Å². The third-order valence-electron chi connectivity index (χ3n) is 5.81. The van der Waals surface area contributed by atoms with Gasteiger partial charge in [-0.1, -0.05) is 0 Å². The van der Waals surface area contributed by atoms with Gasteiger partial charge in [0, 0.05) is 28.2 Å². The van der Waals surface area contributed by atoms with Gasteiger partial charge >= 0.3 is 5.97 Å². The highest BCUT2D eigenvalue weighted by Gasteiger charge is 2.23. The number of piperidine rings is 1. The Morgan fingerprint density at radius 3 is 2.93 bits per heavy atom. The highest BCUT2D eigenvalue weighted by molar-refractivity contribution is 7.17. The van der Waals surface area contributed by atoms with Crippen molar-refractivity contribution in [3.63, 3.8) is 0 Å². The Morgan fingerprint density at radius 2 is 2.13 bits per heavy atom. The molecule has 8 heteroatoms. The molecule has 0 unspecified atom stereocenters. The number of likely N-dealkylation sites (tertiary alicyclic amines) is 1. The quantitative estimate of drug-likeness (QED) is 0.601. The summed E-state index contributed by atoms with van der Waals surface area (Å²) in [5.74, 6) is 0.781. The number of hydrogen-bond donors (Lipinski definition) is 2. The summed E-state index contributed by atoms with van der Waals surface area (Å²) >= 11 is 1.60. The van der Waals surface area contributed by atoms with Crippen LogP contribution in [-0.4, -0.2) is 59.0 Å². The number of carbonyl (C=O) groups excluding carboxylic acids is 1. The van der Waals surface area contributed by atoms with Crippen molar-refractivity contribution in [1.29, 1.82) is 0 Å². The normalized spacial score (nSPS) is 17.2. The number of carbonyl (C=O) groups is 1. The Kier molecular flexibility index (Phi) is 5.87. The Morgan fingerprint density at radius 1 is 1.30 bits per heavy atom. The highest BCUT2D eigenvalue weighted by atomic mass is 32.1. The molecule has 3 aromatic rings. The van der Waals surface area contributed by atoms with E-state index >= 15 is 0 Å². The fraction of sp³-hybridized carbons (Fsp3) is 0.409. The number of nitrogens with zero attached hydrogens (tertiary/aromatic N) is 3. The summed E-state index contributed by atoms with van der Waals surface area (Å²) < 4.78 is 5.83. The maximum absolute atomic E-state index is 11.6. The first-order valence-electron chi connectivity index (χ1n) is 10.1. The van der Waals surface area contributed by atoms with Crippen molar-refractivity contribution < 1.29 is 14.6 Å². The van der Waals surface area contributed by atoms with Gasteiger partial charge in [-0.2, -0.15) is 0 Å². The van der Waals surface area contributed by atoms with Gasteiger partial charge in [-0.3, -0.25) is 9.69 Å². The Balaban J connectivity index is 1.55. The minimum absolute atomic E-state index is 0.192. The van der Waals surface area contributed by atoms with Gasteiger partial charge in [-0.15, -0.1) is 21.5 Å². The zero-order valence-corrected chi connectivity index (χ0v) is 18.3. The van der Waals surface area contributed by atoms with Crippen LogP contribution in [-0.2, 0) is 9.53 Å². The predicted molar refractivity (Wildman–Crippen MR) is 119 cm³/mol. The van der Waals surface area contributed by atoms with Crippen LogP contribution in [0, 0.1) is 13.8 Å². The average molecular weight is 427 g/mol. The van der Waals surface area contributed by atoms with Gasteiger partial charge < -0.3 is 15.2 Å². The largest absolute Gasteiger partial charge is 0.507 e. The summed E-state index contributed by atoms with van der Waals surface area (Å²) in [6.45, 7) is 5.98. The zero-order valence-electron chi connectivity index (χ0n) is 17.4. The van der Waals surface area contributed by atoms with Gasteiger partial charge in [0.2, 0.25) is 0 Å². The molecule has 0 radical (unpaired) electrons. The molecule has 2 N–H and O–H groups in total. The molecule has 7 nitrogen and oxygen atoms in total. The second kappa shape index (κ2) is 8.57. The summed E-state index contributed by atoms with van der Waals surface area (Å²) in [5.41, 5.74) is 3.39. The molecule has 30 heavy (non-hydrogen) atoms. The van der Waals surface area contributed by atoms with Crippen LogP contribution in [0.25, 0.3) is 21.3 Å². The summed E-state index contributed by atoms with van der Waals surface area (Å²) in [7, 11) is 1.42. The maximum atomic E-state index is 11.6. The molecule has 0 spiro atoms. The fourth-order valence-corrected chi connectivity index (χ4v) is 4.76. The SMILES string of the molecule is COC(=O)CN1CCC[C@@H](Nc2nnc(-c3ccc4sccc4c3O)c(C)c2C)C1. The van der Waals surface area contributed by atoms with E-state index in [-0.39, 0.29) is 17.8 Å². The number of thiophene rings is 1. The first kappa shape index (κ1) is 20.6. The molecule has 1 aliphatic rings. The van der Waals surface area contributed by atoms with Crippen molar-refractivity contribution in [2.75, 3.05) is 32.1 Å². The van der Waals surface area contributed by atoms with E-state index in [0.29, 0.717) is 17.8 Å².